The highest BCUT2D eigenvalue weighted by Gasteiger charge is 2.53. The van der Waals surface area contributed by atoms with E-state index in [0.29, 0.717) is 6.04 Å². The van der Waals surface area contributed by atoms with Gasteiger partial charge in [-0.15, -0.1) is 0 Å². The van der Waals surface area contributed by atoms with Crippen LogP contribution in [0.5, 0.6) is 0 Å². The van der Waals surface area contributed by atoms with Crippen molar-refractivity contribution in [3.63, 3.8) is 0 Å². The van der Waals surface area contributed by atoms with Gasteiger partial charge in [-0.2, -0.15) is 0 Å². The number of hydrogen-bond acceptors (Lipinski definition) is 4. The van der Waals surface area contributed by atoms with Crippen LogP contribution < -0.4 is 5.46 Å². The average molecular weight is 337 g/mol. The average Bonchev–Trinajstić information content (AvgIpc) is 2.93. The maximum atomic E-state index is 6.03. The number of hydrogen-bond donors (Lipinski definition) is 0. The van der Waals surface area contributed by atoms with Crippen molar-refractivity contribution >= 4 is 29.5 Å². The summed E-state index contributed by atoms with van der Waals surface area (Å²) in [5, 5.41) is 3.73. The Bertz CT molecular complexity index is 867. The molecule has 1 saturated heterocycles. The number of furan rings is 1. The maximum Gasteiger partial charge on any atom is 0.308 e. The lowest BCUT2D eigenvalue weighted by molar-refractivity contribution is -0.0177. The summed E-state index contributed by atoms with van der Waals surface area (Å²) in [7, 11) is 0. The van der Waals surface area contributed by atoms with Gasteiger partial charge in [-0.05, 0) is 57.7 Å². The largest absolute Gasteiger partial charge is 0.439 e. The standard InChI is InChI=1S/C20H28BN3O/c1-13-11-16-17(15-9-8-10-22-18(15)25-16)21(7)24(13)23-14(2)19(3,4)12-20(23,5)6/h8-11,14H,12H2,1-7H3. The fraction of sp³-hybridized carbons (Fsp3) is 0.550. The number of allylic oxidation sites excluding steroid dienone is 1. The highest BCUT2D eigenvalue weighted by Crippen LogP contribution is 2.48. The molecule has 4 rings (SSSR count). The number of nitrogens with zero attached hydrogens (tertiary/aromatic N) is 3. The van der Waals surface area contributed by atoms with Crippen LogP contribution in [0.2, 0.25) is 6.82 Å². The van der Waals surface area contributed by atoms with Gasteiger partial charge in [-0.25, -0.2) is 9.99 Å². The van der Waals surface area contributed by atoms with Crippen LogP contribution in [0.25, 0.3) is 17.2 Å². The van der Waals surface area contributed by atoms with Crippen LogP contribution in [0.3, 0.4) is 0 Å². The van der Waals surface area contributed by atoms with E-state index in [1.54, 1.807) is 6.20 Å². The summed E-state index contributed by atoms with van der Waals surface area (Å²) in [6.45, 7) is 16.6. The minimum absolute atomic E-state index is 0.113. The molecule has 1 atom stereocenters. The zero-order chi connectivity index (χ0) is 18.1. The van der Waals surface area contributed by atoms with Gasteiger partial charge >= 0.3 is 6.85 Å². The first kappa shape index (κ1) is 16.7. The Morgan fingerprint density at radius 2 is 2.00 bits per heavy atom. The molecule has 4 nitrogen and oxygen atoms in total. The monoisotopic (exact) mass is 337 g/mol. The number of pyridine rings is 1. The van der Waals surface area contributed by atoms with Crippen molar-refractivity contribution in [2.24, 2.45) is 5.41 Å². The molecular weight excluding hydrogens is 309 g/mol. The molecule has 2 aliphatic heterocycles. The Morgan fingerprint density at radius 3 is 2.64 bits per heavy atom. The minimum atomic E-state index is 0.113. The second-order valence-electron chi connectivity index (χ2n) is 9.04. The molecule has 0 amide bonds. The summed E-state index contributed by atoms with van der Waals surface area (Å²) in [5.41, 5.74) is 3.61. The number of aromatic nitrogens is 1. The third-order valence-electron chi connectivity index (χ3n) is 6.26. The topological polar surface area (TPSA) is 32.5 Å². The number of hydrazine groups is 1. The smallest absolute Gasteiger partial charge is 0.308 e. The molecule has 4 heterocycles. The first-order chi connectivity index (χ1) is 11.6. The predicted octanol–water partition coefficient (Wildman–Crippen LogP) is 4.15. The zero-order valence-corrected chi connectivity index (χ0v) is 16.4. The third kappa shape index (κ3) is 2.28. The molecule has 2 aliphatic rings. The summed E-state index contributed by atoms with van der Waals surface area (Å²) in [6.07, 6.45) is 5.15. The molecule has 0 spiro atoms. The van der Waals surface area contributed by atoms with Crippen LogP contribution in [0.15, 0.2) is 28.4 Å². The van der Waals surface area contributed by atoms with E-state index in [1.807, 2.05) is 6.07 Å². The minimum Gasteiger partial charge on any atom is -0.439 e. The first-order valence-electron chi connectivity index (χ1n) is 9.28. The van der Waals surface area contributed by atoms with E-state index in [4.69, 9.17) is 4.42 Å². The molecule has 0 aromatic carbocycles. The molecule has 0 aliphatic carbocycles. The van der Waals surface area contributed by atoms with Crippen molar-refractivity contribution in [3.05, 3.63) is 29.8 Å². The molecule has 2 aromatic rings. The fourth-order valence-electron chi connectivity index (χ4n) is 5.22. The van der Waals surface area contributed by atoms with Gasteiger partial charge in [0.15, 0.2) is 0 Å². The van der Waals surface area contributed by atoms with E-state index in [9.17, 15) is 0 Å². The SMILES string of the molecule is CB1c2c(oc3ncccc23)C=C(C)N1N1C(C)C(C)(C)CC1(C)C. The van der Waals surface area contributed by atoms with Crippen molar-refractivity contribution in [1.29, 1.82) is 0 Å². The van der Waals surface area contributed by atoms with Gasteiger partial charge < -0.3 is 9.34 Å². The molecule has 2 aromatic heterocycles. The lowest BCUT2D eigenvalue weighted by atomic mass is 9.54. The van der Waals surface area contributed by atoms with Crippen molar-refractivity contribution in [1.82, 2.24) is 14.9 Å². The van der Waals surface area contributed by atoms with Gasteiger partial charge in [0, 0.05) is 34.3 Å². The quantitative estimate of drug-likeness (QED) is 0.732. The molecule has 0 N–H and O–H groups in total. The second-order valence-corrected chi connectivity index (χ2v) is 9.04. The first-order valence-corrected chi connectivity index (χ1v) is 9.28. The van der Waals surface area contributed by atoms with Crippen molar-refractivity contribution in [3.8, 4) is 0 Å². The summed E-state index contributed by atoms with van der Waals surface area (Å²) in [4.78, 5) is 6.90. The van der Waals surface area contributed by atoms with Gasteiger partial charge in [0.25, 0.3) is 0 Å². The lowest BCUT2D eigenvalue weighted by Crippen LogP contribution is -2.62. The number of rotatable bonds is 1. The van der Waals surface area contributed by atoms with Crippen molar-refractivity contribution in [2.45, 2.75) is 66.4 Å². The number of fused-ring (bicyclic) bond motifs is 3. The molecule has 0 radical (unpaired) electrons. The highest BCUT2D eigenvalue weighted by atomic mass is 16.3. The van der Waals surface area contributed by atoms with E-state index >= 15 is 0 Å². The van der Waals surface area contributed by atoms with Crippen molar-refractivity contribution in [2.75, 3.05) is 0 Å². The van der Waals surface area contributed by atoms with E-state index in [-0.39, 0.29) is 17.8 Å². The Balaban J connectivity index is 1.85. The molecule has 5 heteroatoms. The van der Waals surface area contributed by atoms with Gasteiger partial charge in [0.1, 0.15) is 5.76 Å². The normalized spacial score (nSPS) is 25.4. The van der Waals surface area contributed by atoms with Crippen LogP contribution in [-0.2, 0) is 0 Å². The second kappa shape index (κ2) is 5.13. The Labute approximate surface area is 151 Å². The molecule has 0 bridgehead atoms. The van der Waals surface area contributed by atoms with Gasteiger partial charge in [-0.1, -0.05) is 20.7 Å². The Morgan fingerprint density at radius 1 is 1.28 bits per heavy atom. The van der Waals surface area contributed by atoms with Crippen molar-refractivity contribution < 1.29 is 4.42 Å². The fourth-order valence-corrected chi connectivity index (χ4v) is 5.22. The van der Waals surface area contributed by atoms with Gasteiger partial charge in [0.2, 0.25) is 5.71 Å². The van der Waals surface area contributed by atoms with Crippen LogP contribution in [0.4, 0.5) is 0 Å². The Hall–Kier alpha value is -1.75. The van der Waals surface area contributed by atoms with E-state index < -0.39 is 0 Å². The van der Waals surface area contributed by atoms with E-state index in [0.717, 1.165) is 16.9 Å². The summed E-state index contributed by atoms with van der Waals surface area (Å²) in [5.74, 6) is 0.957. The highest BCUT2D eigenvalue weighted by molar-refractivity contribution is 6.73. The molecule has 132 valence electrons. The maximum absolute atomic E-state index is 6.03. The van der Waals surface area contributed by atoms with E-state index in [2.05, 4.69) is 75.4 Å². The van der Waals surface area contributed by atoms with Crippen LogP contribution >= 0.6 is 0 Å². The van der Waals surface area contributed by atoms with E-state index in [1.165, 1.54) is 17.6 Å². The van der Waals surface area contributed by atoms with Crippen LogP contribution in [0, 0.1) is 5.41 Å². The molecule has 25 heavy (non-hydrogen) atoms. The zero-order valence-electron chi connectivity index (χ0n) is 16.4. The van der Waals surface area contributed by atoms with Crippen LogP contribution in [0.1, 0.15) is 53.7 Å². The molecule has 0 saturated carbocycles. The molecule has 1 unspecified atom stereocenters. The molecular formula is C20H28BN3O. The summed E-state index contributed by atoms with van der Waals surface area (Å²) >= 11 is 0. The lowest BCUT2D eigenvalue weighted by Gasteiger charge is -2.49. The molecule has 1 fully saturated rings. The van der Waals surface area contributed by atoms with Gasteiger partial charge in [-0.3, -0.25) is 0 Å². The van der Waals surface area contributed by atoms with Gasteiger partial charge in [0.05, 0.1) is 0 Å². The predicted molar refractivity (Wildman–Crippen MR) is 105 cm³/mol. The Kier molecular flexibility index (Phi) is 3.43. The third-order valence-corrected chi connectivity index (χ3v) is 6.26. The van der Waals surface area contributed by atoms with Crippen LogP contribution in [-0.4, -0.2) is 33.3 Å². The summed E-state index contributed by atoms with van der Waals surface area (Å²) < 4.78 is 6.03. The summed E-state index contributed by atoms with van der Waals surface area (Å²) in [6, 6.07) is 4.58.